The first kappa shape index (κ1) is 27.4. The van der Waals surface area contributed by atoms with E-state index in [4.69, 9.17) is 0 Å². The summed E-state index contributed by atoms with van der Waals surface area (Å²) in [5, 5.41) is 0.744. The van der Waals surface area contributed by atoms with E-state index in [0.29, 0.717) is 6.54 Å². The van der Waals surface area contributed by atoms with Gasteiger partial charge in [0.1, 0.15) is 5.82 Å². The Kier molecular flexibility index (Phi) is 8.13. The molecule has 2 aromatic carbocycles. The number of benzene rings is 2. The minimum absolute atomic E-state index is 0.243. The van der Waals surface area contributed by atoms with Crippen LogP contribution in [0.1, 0.15) is 24.1 Å². The highest BCUT2D eigenvalue weighted by atomic mass is 32.2. The third-order valence-corrected chi connectivity index (χ3v) is 10.8. The maximum Gasteiger partial charge on any atom is 0.254 e. The number of hydrogen-bond acceptors (Lipinski definition) is 7. The average Bonchev–Trinajstić information content (AvgIpc) is 3.63. The fourth-order valence-electron chi connectivity index (χ4n) is 4.78. The third kappa shape index (κ3) is 5.91. The first-order valence-electron chi connectivity index (χ1n) is 13.0. The second kappa shape index (κ2) is 11.5. The fourth-order valence-corrected chi connectivity index (χ4v) is 7.48. The smallest absolute Gasteiger partial charge is 0.254 e. The fraction of sp³-hybridized carbons (Fsp3) is 0.357. The Morgan fingerprint density at radius 3 is 2.51 bits per heavy atom. The van der Waals surface area contributed by atoms with E-state index >= 15 is 0 Å². The van der Waals surface area contributed by atoms with Gasteiger partial charge in [0.15, 0.2) is 9.34 Å². The van der Waals surface area contributed by atoms with Crippen molar-refractivity contribution in [2.24, 2.45) is 0 Å². The normalized spacial score (nSPS) is 15.7. The molecule has 0 N–H and O–H groups in total. The molecule has 5 rings (SSSR count). The first-order chi connectivity index (χ1) is 18.7. The number of aromatic nitrogens is 3. The van der Waals surface area contributed by atoms with Crippen LogP contribution in [-0.4, -0.2) is 72.4 Å². The minimum atomic E-state index is -3.76. The van der Waals surface area contributed by atoms with Crippen molar-refractivity contribution in [3.63, 3.8) is 0 Å². The van der Waals surface area contributed by atoms with E-state index in [1.165, 1.54) is 34.0 Å². The maximum atomic E-state index is 13.7. The van der Waals surface area contributed by atoms with Gasteiger partial charge in [0, 0.05) is 51.4 Å². The number of likely N-dealkylation sites (N-methyl/N-ethyl adjacent to an activating group) is 1. The van der Waals surface area contributed by atoms with Crippen LogP contribution in [0, 0.1) is 5.82 Å². The Balaban J connectivity index is 1.36. The Morgan fingerprint density at radius 2 is 1.77 bits per heavy atom. The van der Waals surface area contributed by atoms with Crippen molar-refractivity contribution in [1.29, 1.82) is 0 Å². The SMILES string of the molecule is CC(c1ccccc1-c1cncn1CCc1ccc(F)cc1)N(C)S(=O)(=O)c1cnc(N2CCN(C)CC2)s1. The second-order valence-electron chi connectivity index (χ2n) is 9.89. The average molecular weight is 569 g/mol. The Labute approximate surface area is 233 Å². The van der Waals surface area contributed by atoms with Gasteiger partial charge in [0.25, 0.3) is 10.0 Å². The lowest BCUT2D eigenvalue weighted by atomic mass is 9.99. The van der Waals surface area contributed by atoms with E-state index in [9.17, 15) is 12.8 Å². The lowest BCUT2D eigenvalue weighted by Crippen LogP contribution is -2.44. The van der Waals surface area contributed by atoms with Crippen molar-refractivity contribution in [3.8, 4) is 11.3 Å². The molecule has 39 heavy (non-hydrogen) atoms. The van der Waals surface area contributed by atoms with E-state index in [1.54, 1.807) is 31.7 Å². The molecule has 8 nitrogen and oxygen atoms in total. The van der Waals surface area contributed by atoms with Gasteiger partial charge in [0.05, 0.1) is 24.4 Å². The lowest BCUT2D eigenvalue weighted by Gasteiger charge is -2.32. The molecule has 0 spiro atoms. The molecular formula is C28H33FN6O2S2. The molecule has 0 amide bonds. The molecule has 1 fully saturated rings. The van der Waals surface area contributed by atoms with Gasteiger partial charge < -0.3 is 14.4 Å². The Morgan fingerprint density at radius 1 is 1.05 bits per heavy atom. The summed E-state index contributed by atoms with van der Waals surface area (Å²) >= 11 is 1.23. The molecule has 0 radical (unpaired) electrons. The predicted octanol–water partition coefficient (Wildman–Crippen LogP) is 4.52. The largest absolute Gasteiger partial charge is 0.345 e. The molecule has 1 unspecified atom stereocenters. The molecule has 11 heteroatoms. The molecule has 3 heterocycles. The molecule has 4 aromatic rings. The van der Waals surface area contributed by atoms with E-state index in [0.717, 1.165) is 60.1 Å². The van der Waals surface area contributed by atoms with E-state index < -0.39 is 16.1 Å². The lowest BCUT2D eigenvalue weighted by molar-refractivity contribution is 0.313. The summed E-state index contributed by atoms with van der Waals surface area (Å²) < 4.78 is 44.3. The molecule has 0 aliphatic carbocycles. The predicted molar refractivity (Wildman–Crippen MR) is 153 cm³/mol. The van der Waals surface area contributed by atoms with Gasteiger partial charge in [-0.3, -0.25) is 0 Å². The zero-order valence-electron chi connectivity index (χ0n) is 22.4. The quantitative estimate of drug-likeness (QED) is 0.296. The van der Waals surface area contributed by atoms with Gasteiger partial charge in [-0.25, -0.2) is 22.8 Å². The van der Waals surface area contributed by atoms with E-state index in [1.807, 2.05) is 31.2 Å². The molecule has 2 aromatic heterocycles. The van der Waals surface area contributed by atoms with Crippen LogP contribution in [0.4, 0.5) is 9.52 Å². The number of rotatable bonds is 9. The summed E-state index contributed by atoms with van der Waals surface area (Å²) in [5.41, 5.74) is 3.74. The molecular weight excluding hydrogens is 535 g/mol. The van der Waals surface area contributed by atoms with Gasteiger partial charge in [-0.05, 0) is 43.7 Å². The highest BCUT2D eigenvalue weighted by Gasteiger charge is 2.31. The summed E-state index contributed by atoms with van der Waals surface area (Å²) in [6.45, 7) is 6.08. The van der Waals surface area contributed by atoms with Crippen molar-refractivity contribution < 1.29 is 12.8 Å². The van der Waals surface area contributed by atoms with Crippen molar-refractivity contribution in [2.75, 3.05) is 45.2 Å². The van der Waals surface area contributed by atoms with Gasteiger partial charge in [-0.2, -0.15) is 4.31 Å². The number of imidazole rings is 1. The van der Waals surface area contributed by atoms with Crippen molar-refractivity contribution in [2.45, 2.75) is 30.1 Å². The molecule has 1 aliphatic rings. The van der Waals surface area contributed by atoms with Crippen LogP contribution in [-0.2, 0) is 23.0 Å². The van der Waals surface area contributed by atoms with Gasteiger partial charge in [0.2, 0.25) is 0 Å². The number of piperazine rings is 1. The van der Waals surface area contributed by atoms with Crippen LogP contribution in [0.5, 0.6) is 0 Å². The summed E-state index contributed by atoms with van der Waals surface area (Å²) in [6, 6.07) is 13.9. The molecule has 1 saturated heterocycles. The summed E-state index contributed by atoms with van der Waals surface area (Å²) in [4.78, 5) is 13.2. The van der Waals surface area contributed by atoms with Crippen LogP contribution < -0.4 is 4.90 Å². The number of anilines is 1. The molecule has 0 saturated carbocycles. The zero-order valence-corrected chi connectivity index (χ0v) is 24.0. The molecule has 1 atom stereocenters. The Bertz CT molecular complexity index is 1510. The third-order valence-electron chi connectivity index (χ3n) is 7.38. The standard InChI is InChI=1S/C28H33FN6O2S2/c1-21(33(3)39(36,37)27-19-31-28(38-27)34-16-14-32(2)15-17-34)24-6-4-5-7-25(24)26-18-30-20-35(26)13-12-22-8-10-23(29)11-9-22/h4-11,18-21H,12-17H2,1-3H3. The van der Waals surface area contributed by atoms with Crippen LogP contribution in [0.25, 0.3) is 11.3 Å². The number of aryl methyl sites for hydroxylation is 2. The van der Waals surface area contributed by atoms with Gasteiger partial charge in [-0.1, -0.05) is 47.7 Å². The second-order valence-corrected chi connectivity index (χ2v) is 13.1. The van der Waals surface area contributed by atoms with E-state index in [-0.39, 0.29) is 10.0 Å². The van der Waals surface area contributed by atoms with Gasteiger partial charge >= 0.3 is 0 Å². The molecule has 0 bridgehead atoms. The van der Waals surface area contributed by atoms with Crippen LogP contribution >= 0.6 is 11.3 Å². The number of halogens is 1. The maximum absolute atomic E-state index is 13.7. The zero-order chi connectivity index (χ0) is 27.6. The molecule has 206 valence electrons. The van der Waals surface area contributed by atoms with Gasteiger partial charge in [-0.15, -0.1) is 0 Å². The number of thiazole rings is 1. The van der Waals surface area contributed by atoms with Crippen molar-refractivity contribution in [1.82, 2.24) is 23.7 Å². The highest BCUT2D eigenvalue weighted by molar-refractivity contribution is 7.91. The van der Waals surface area contributed by atoms with Crippen LogP contribution in [0.3, 0.4) is 0 Å². The highest BCUT2D eigenvalue weighted by Crippen LogP contribution is 2.35. The van der Waals surface area contributed by atoms with Crippen molar-refractivity contribution >= 4 is 26.5 Å². The van der Waals surface area contributed by atoms with Crippen LogP contribution in [0.2, 0.25) is 0 Å². The van der Waals surface area contributed by atoms with E-state index in [2.05, 4.69) is 31.4 Å². The number of hydrogen-bond donors (Lipinski definition) is 0. The van der Waals surface area contributed by atoms with Crippen molar-refractivity contribution in [3.05, 3.63) is 84.2 Å². The minimum Gasteiger partial charge on any atom is -0.345 e. The Hall–Kier alpha value is -3.12. The number of sulfonamides is 1. The summed E-state index contributed by atoms with van der Waals surface area (Å²) in [6.07, 6.45) is 5.78. The number of nitrogens with zero attached hydrogens (tertiary/aromatic N) is 6. The topological polar surface area (TPSA) is 74.6 Å². The first-order valence-corrected chi connectivity index (χ1v) is 15.2. The van der Waals surface area contributed by atoms with Crippen LogP contribution in [0.15, 0.2) is 71.5 Å². The summed E-state index contributed by atoms with van der Waals surface area (Å²) in [5.74, 6) is -0.252. The molecule has 1 aliphatic heterocycles. The summed E-state index contributed by atoms with van der Waals surface area (Å²) in [7, 11) is -0.0533. The monoisotopic (exact) mass is 568 g/mol.